The maximum absolute atomic E-state index is 12.5. The quantitative estimate of drug-likeness (QED) is 0.402. The van der Waals surface area contributed by atoms with Gasteiger partial charge in [0.25, 0.3) is 5.91 Å². The van der Waals surface area contributed by atoms with Crippen molar-refractivity contribution in [3.05, 3.63) is 84.4 Å². The Morgan fingerprint density at radius 3 is 2.57 bits per heavy atom. The SMILES string of the molecule is O=C(N/N=C/c1c(-c2ccccc2)[nH]c2ccccc12)[C@H]1COc2ccccc2O1. The van der Waals surface area contributed by atoms with E-state index in [4.69, 9.17) is 9.47 Å². The van der Waals surface area contributed by atoms with Gasteiger partial charge in [0.2, 0.25) is 6.10 Å². The van der Waals surface area contributed by atoms with E-state index < -0.39 is 6.10 Å². The van der Waals surface area contributed by atoms with Crippen molar-refractivity contribution in [2.75, 3.05) is 6.61 Å². The van der Waals surface area contributed by atoms with Gasteiger partial charge in [-0.3, -0.25) is 4.79 Å². The number of rotatable bonds is 4. The zero-order valence-electron chi connectivity index (χ0n) is 16.0. The number of ether oxygens (including phenoxy) is 2. The molecule has 4 aromatic rings. The van der Waals surface area contributed by atoms with E-state index in [1.54, 1.807) is 12.3 Å². The molecular formula is C24H19N3O3. The molecule has 0 aliphatic carbocycles. The van der Waals surface area contributed by atoms with Gasteiger partial charge in [-0.2, -0.15) is 5.10 Å². The van der Waals surface area contributed by atoms with Gasteiger partial charge in [-0.25, -0.2) is 5.43 Å². The van der Waals surface area contributed by atoms with E-state index in [1.165, 1.54) is 0 Å². The summed E-state index contributed by atoms with van der Waals surface area (Å²) in [6.07, 6.45) is 0.907. The number of hydrogen-bond acceptors (Lipinski definition) is 4. The zero-order valence-corrected chi connectivity index (χ0v) is 16.0. The van der Waals surface area contributed by atoms with Crippen LogP contribution in [0.5, 0.6) is 11.5 Å². The highest BCUT2D eigenvalue weighted by Crippen LogP contribution is 2.31. The number of H-pyrrole nitrogens is 1. The Morgan fingerprint density at radius 1 is 0.967 bits per heavy atom. The topological polar surface area (TPSA) is 75.7 Å². The fraction of sp³-hybridized carbons (Fsp3) is 0.0833. The third-order valence-electron chi connectivity index (χ3n) is 4.98. The van der Waals surface area contributed by atoms with Gasteiger partial charge < -0.3 is 14.5 Å². The van der Waals surface area contributed by atoms with E-state index >= 15 is 0 Å². The molecule has 1 amide bonds. The van der Waals surface area contributed by atoms with Gasteiger partial charge in [-0.05, 0) is 23.8 Å². The number of fused-ring (bicyclic) bond motifs is 2. The number of benzene rings is 3. The second-order valence-electron chi connectivity index (χ2n) is 6.92. The molecule has 0 fully saturated rings. The van der Waals surface area contributed by atoms with Crippen LogP contribution in [0.15, 0.2) is 84.0 Å². The normalized spacial score (nSPS) is 15.4. The maximum Gasteiger partial charge on any atom is 0.284 e. The first kappa shape index (κ1) is 18.0. The van der Waals surface area contributed by atoms with E-state index in [9.17, 15) is 4.79 Å². The number of hydrogen-bond donors (Lipinski definition) is 2. The Bertz CT molecular complexity index is 1230. The van der Waals surface area contributed by atoms with Gasteiger partial charge in [-0.1, -0.05) is 60.7 Å². The largest absolute Gasteiger partial charge is 0.485 e. The maximum atomic E-state index is 12.5. The molecule has 30 heavy (non-hydrogen) atoms. The highest BCUT2D eigenvalue weighted by Gasteiger charge is 2.27. The third kappa shape index (κ3) is 3.39. The Balaban J connectivity index is 1.38. The molecule has 0 radical (unpaired) electrons. The van der Waals surface area contributed by atoms with Crippen molar-refractivity contribution in [2.24, 2.45) is 5.10 Å². The Morgan fingerprint density at radius 2 is 1.70 bits per heavy atom. The van der Waals surface area contributed by atoms with Crippen LogP contribution >= 0.6 is 0 Å². The Kier molecular flexibility index (Phi) is 4.65. The number of carbonyl (C=O) groups is 1. The van der Waals surface area contributed by atoms with Crippen LogP contribution in [0.4, 0.5) is 0 Å². The lowest BCUT2D eigenvalue weighted by Gasteiger charge is -2.24. The predicted molar refractivity (Wildman–Crippen MR) is 116 cm³/mol. The number of nitrogens with one attached hydrogen (secondary N) is 2. The molecule has 6 nitrogen and oxygen atoms in total. The average Bonchev–Trinajstić information content (AvgIpc) is 3.18. The van der Waals surface area contributed by atoms with Gasteiger partial charge in [0, 0.05) is 16.5 Å². The van der Waals surface area contributed by atoms with Crippen LogP contribution in [-0.4, -0.2) is 29.8 Å². The molecule has 0 bridgehead atoms. The molecule has 3 aromatic carbocycles. The van der Waals surface area contributed by atoms with E-state index in [-0.39, 0.29) is 12.5 Å². The van der Waals surface area contributed by atoms with Crippen molar-refractivity contribution in [1.82, 2.24) is 10.4 Å². The number of amides is 1. The molecule has 0 unspecified atom stereocenters. The first-order chi connectivity index (χ1) is 14.8. The van der Waals surface area contributed by atoms with E-state index in [1.807, 2.05) is 72.8 Å². The zero-order chi connectivity index (χ0) is 20.3. The van der Waals surface area contributed by atoms with Crippen molar-refractivity contribution in [1.29, 1.82) is 0 Å². The molecule has 5 rings (SSSR count). The summed E-state index contributed by atoms with van der Waals surface area (Å²) in [6, 6.07) is 25.3. The number of nitrogens with zero attached hydrogens (tertiary/aromatic N) is 1. The first-order valence-electron chi connectivity index (χ1n) is 9.67. The van der Waals surface area contributed by atoms with Gasteiger partial charge in [0.05, 0.1) is 11.9 Å². The molecular weight excluding hydrogens is 378 g/mol. The van der Waals surface area contributed by atoms with Gasteiger partial charge in [-0.15, -0.1) is 0 Å². The van der Waals surface area contributed by atoms with Crippen LogP contribution in [0.2, 0.25) is 0 Å². The summed E-state index contributed by atoms with van der Waals surface area (Å²) in [4.78, 5) is 16.0. The van der Waals surface area contributed by atoms with E-state index in [0.717, 1.165) is 27.7 Å². The number of carbonyl (C=O) groups excluding carboxylic acids is 1. The highest BCUT2D eigenvalue weighted by molar-refractivity contribution is 6.06. The molecule has 1 aliphatic heterocycles. The molecule has 2 N–H and O–H groups in total. The molecule has 1 aromatic heterocycles. The minimum Gasteiger partial charge on any atom is -0.485 e. The van der Waals surface area contributed by atoms with Gasteiger partial charge in [0.1, 0.15) is 6.61 Å². The monoisotopic (exact) mass is 397 g/mol. The second kappa shape index (κ2) is 7.75. The van der Waals surface area contributed by atoms with Gasteiger partial charge >= 0.3 is 0 Å². The second-order valence-corrected chi connectivity index (χ2v) is 6.92. The van der Waals surface area contributed by atoms with E-state index in [0.29, 0.717) is 11.5 Å². The summed E-state index contributed by atoms with van der Waals surface area (Å²) < 4.78 is 11.3. The third-order valence-corrected chi connectivity index (χ3v) is 4.98. The predicted octanol–water partition coefficient (Wildman–Crippen LogP) is 4.13. The number of aromatic nitrogens is 1. The minimum atomic E-state index is -0.756. The number of aromatic amines is 1. The molecule has 0 saturated heterocycles. The summed E-state index contributed by atoms with van der Waals surface area (Å²) in [7, 11) is 0. The van der Waals surface area contributed by atoms with Crippen molar-refractivity contribution in [3.8, 4) is 22.8 Å². The molecule has 0 saturated carbocycles. The van der Waals surface area contributed by atoms with Crippen molar-refractivity contribution >= 4 is 23.0 Å². The molecule has 2 heterocycles. The Labute approximate surface area is 173 Å². The van der Waals surface area contributed by atoms with Crippen LogP contribution in [0.25, 0.3) is 22.2 Å². The molecule has 148 valence electrons. The smallest absolute Gasteiger partial charge is 0.284 e. The fourth-order valence-corrected chi connectivity index (χ4v) is 3.51. The lowest BCUT2D eigenvalue weighted by atomic mass is 10.1. The van der Waals surface area contributed by atoms with Crippen LogP contribution in [0.1, 0.15) is 5.56 Å². The first-order valence-corrected chi connectivity index (χ1v) is 9.67. The average molecular weight is 397 g/mol. The summed E-state index contributed by atoms with van der Waals surface area (Å²) >= 11 is 0. The standard InChI is InChI=1S/C24H19N3O3/c28-24(22-15-29-20-12-6-7-13-21(20)30-22)27-25-14-18-17-10-4-5-11-19(17)26-23(18)16-8-2-1-3-9-16/h1-14,22,26H,15H2,(H,27,28)/b25-14+/t22-/m1/s1. The molecule has 1 atom stereocenters. The lowest BCUT2D eigenvalue weighted by molar-refractivity contribution is -0.130. The van der Waals surface area contributed by atoms with Crippen molar-refractivity contribution in [3.63, 3.8) is 0 Å². The highest BCUT2D eigenvalue weighted by atomic mass is 16.6. The van der Waals surface area contributed by atoms with Crippen LogP contribution in [0.3, 0.4) is 0 Å². The number of para-hydroxylation sites is 3. The fourth-order valence-electron chi connectivity index (χ4n) is 3.51. The van der Waals surface area contributed by atoms with Crippen LogP contribution in [-0.2, 0) is 4.79 Å². The van der Waals surface area contributed by atoms with Gasteiger partial charge in [0.15, 0.2) is 11.5 Å². The molecule has 1 aliphatic rings. The van der Waals surface area contributed by atoms with Crippen LogP contribution < -0.4 is 14.9 Å². The summed E-state index contributed by atoms with van der Waals surface area (Å²) in [5, 5.41) is 5.23. The van der Waals surface area contributed by atoms with Crippen LogP contribution in [0, 0.1) is 0 Å². The summed E-state index contributed by atoms with van der Waals surface area (Å²) in [5.41, 5.74) is 6.48. The lowest BCUT2D eigenvalue weighted by Crippen LogP contribution is -2.42. The van der Waals surface area contributed by atoms with Crippen molar-refractivity contribution in [2.45, 2.75) is 6.10 Å². The van der Waals surface area contributed by atoms with E-state index in [2.05, 4.69) is 15.5 Å². The minimum absolute atomic E-state index is 0.140. The molecule has 6 heteroatoms. The Hall–Kier alpha value is -4.06. The summed E-state index contributed by atoms with van der Waals surface area (Å²) in [5.74, 6) is 0.828. The molecule has 0 spiro atoms. The van der Waals surface area contributed by atoms with Crippen molar-refractivity contribution < 1.29 is 14.3 Å². The summed E-state index contributed by atoms with van der Waals surface area (Å²) in [6.45, 7) is 0.140. The number of hydrazone groups is 1.